The molecule has 0 aliphatic heterocycles. The highest BCUT2D eigenvalue weighted by atomic mass is 79.9. The predicted octanol–water partition coefficient (Wildman–Crippen LogP) is 2.46. The van der Waals surface area contributed by atoms with Crippen molar-refractivity contribution in [1.82, 2.24) is 0 Å². The Labute approximate surface area is 104 Å². The highest BCUT2D eigenvalue weighted by Crippen LogP contribution is 2.17. The molecule has 0 aliphatic carbocycles. The molecule has 1 aromatic rings. The number of ketones is 1. The van der Waals surface area contributed by atoms with E-state index in [0.29, 0.717) is 10.0 Å². The van der Waals surface area contributed by atoms with Crippen molar-refractivity contribution in [1.29, 1.82) is 0 Å². The minimum atomic E-state index is -3.33. The molecule has 3 nitrogen and oxygen atoms in total. The summed E-state index contributed by atoms with van der Waals surface area (Å²) in [5, 5.41) is -0.529. The molecular formula is C11H13BrO3S. The first-order chi connectivity index (χ1) is 7.34. The highest BCUT2D eigenvalue weighted by Gasteiger charge is 2.22. The van der Waals surface area contributed by atoms with Gasteiger partial charge < -0.3 is 0 Å². The van der Waals surface area contributed by atoms with Crippen molar-refractivity contribution in [2.24, 2.45) is 0 Å². The molecule has 0 fully saturated rings. The van der Waals surface area contributed by atoms with Crippen LogP contribution in [0.5, 0.6) is 0 Å². The van der Waals surface area contributed by atoms with Crippen LogP contribution in [0.4, 0.5) is 0 Å². The molecule has 0 N–H and O–H groups in total. The smallest absolute Gasteiger partial charge is 0.179 e. The molecule has 16 heavy (non-hydrogen) atoms. The number of carbonyl (C=O) groups excluding carboxylic acids is 1. The van der Waals surface area contributed by atoms with E-state index in [0.717, 1.165) is 0 Å². The lowest BCUT2D eigenvalue weighted by Gasteiger charge is -2.07. The van der Waals surface area contributed by atoms with Crippen LogP contribution in [0.25, 0.3) is 0 Å². The third-order valence-corrected chi connectivity index (χ3v) is 5.02. The molecule has 0 amide bonds. The lowest BCUT2D eigenvalue weighted by molar-refractivity contribution is 0.102. The number of hydrogen-bond donors (Lipinski definition) is 0. The maximum absolute atomic E-state index is 11.8. The van der Waals surface area contributed by atoms with Gasteiger partial charge in [-0.25, -0.2) is 8.42 Å². The van der Waals surface area contributed by atoms with Crippen molar-refractivity contribution in [2.45, 2.75) is 19.1 Å². The molecule has 0 atom stereocenters. The summed E-state index contributed by atoms with van der Waals surface area (Å²) < 4.78 is 23.8. The largest absolute Gasteiger partial charge is 0.293 e. The molecule has 88 valence electrons. The van der Waals surface area contributed by atoms with Crippen LogP contribution in [-0.2, 0) is 9.84 Å². The number of sulfone groups is 1. The van der Waals surface area contributed by atoms with Crippen molar-refractivity contribution in [3.63, 3.8) is 0 Å². The lowest BCUT2D eigenvalue weighted by atomic mass is 10.1. The average Bonchev–Trinajstić information content (AvgIpc) is 2.17. The number of rotatable bonds is 4. The van der Waals surface area contributed by atoms with Crippen LogP contribution in [0.1, 0.15) is 24.2 Å². The Morgan fingerprint density at radius 3 is 2.38 bits per heavy atom. The Hall–Kier alpha value is -0.680. The van der Waals surface area contributed by atoms with E-state index in [-0.39, 0.29) is 5.78 Å². The monoisotopic (exact) mass is 304 g/mol. The molecule has 0 saturated heterocycles. The van der Waals surface area contributed by atoms with Crippen LogP contribution >= 0.6 is 15.9 Å². The van der Waals surface area contributed by atoms with E-state index in [2.05, 4.69) is 15.9 Å². The lowest BCUT2D eigenvalue weighted by Crippen LogP contribution is -2.23. The number of benzene rings is 1. The molecule has 0 spiro atoms. The number of carbonyl (C=O) groups is 1. The van der Waals surface area contributed by atoms with Gasteiger partial charge in [0, 0.05) is 10.0 Å². The zero-order valence-electron chi connectivity index (χ0n) is 9.10. The summed E-state index contributed by atoms with van der Waals surface area (Å²) in [7, 11) is -3.33. The van der Waals surface area contributed by atoms with Gasteiger partial charge in [0.1, 0.15) is 5.75 Å². The summed E-state index contributed by atoms with van der Waals surface area (Å²) in [6.07, 6.45) is 0. The van der Waals surface area contributed by atoms with Gasteiger partial charge in [-0.15, -0.1) is 0 Å². The molecular weight excluding hydrogens is 292 g/mol. The van der Waals surface area contributed by atoms with Gasteiger partial charge in [-0.1, -0.05) is 34.1 Å². The van der Waals surface area contributed by atoms with E-state index < -0.39 is 20.8 Å². The van der Waals surface area contributed by atoms with Crippen molar-refractivity contribution >= 4 is 31.6 Å². The van der Waals surface area contributed by atoms with E-state index in [9.17, 15) is 13.2 Å². The Morgan fingerprint density at radius 1 is 1.31 bits per heavy atom. The van der Waals surface area contributed by atoms with E-state index in [1.807, 2.05) is 0 Å². The molecule has 0 heterocycles. The zero-order valence-corrected chi connectivity index (χ0v) is 11.5. The van der Waals surface area contributed by atoms with Crippen LogP contribution in [0.2, 0.25) is 0 Å². The van der Waals surface area contributed by atoms with Crippen LogP contribution in [0, 0.1) is 0 Å². The Balaban J connectivity index is 2.94. The highest BCUT2D eigenvalue weighted by molar-refractivity contribution is 9.10. The van der Waals surface area contributed by atoms with Gasteiger partial charge in [-0.2, -0.15) is 0 Å². The van der Waals surface area contributed by atoms with Crippen molar-refractivity contribution < 1.29 is 13.2 Å². The standard InChI is InChI=1S/C11H13BrO3S/c1-8(2)16(14,15)7-11(13)9-5-3-4-6-10(9)12/h3-6,8H,7H2,1-2H3. The summed E-state index contributed by atoms with van der Waals surface area (Å²) in [4.78, 5) is 11.8. The summed E-state index contributed by atoms with van der Waals surface area (Å²) in [5.74, 6) is -0.811. The molecule has 1 rings (SSSR count). The van der Waals surface area contributed by atoms with Crippen molar-refractivity contribution in [3.8, 4) is 0 Å². The third-order valence-electron chi connectivity index (χ3n) is 2.22. The first-order valence-electron chi connectivity index (χ1n) is 4.84. The van der Waals surface area contributed by atoms with E-state index >= 15 is 0 Å². The quantitative estimate of drug-likeness (QED) is 0.803. The van der Waals surface area contributed by atoms with Gasteiger partial charge in [0.15, 0.2) is 15.6 Å². The Morgan fingerprint density at radius 2 is 1.88 bits per heavy atom. The minimum absolute atomic E-state index is 0.374. The normalized spacial score (nSPS) is 11.8. The van der Waals surface area contributed by atoms with Gasteiger partial charge in [0.25, 0.3) is 0 Å². The maximum Gasteiger partial charge on any atom is 0.179 e. The molecule has 1 aromatic carbocycles. The summed E-state index contributed by atoms with van der Waals surface area (Å²) in [6.45, 7) is 3.14. The first kappa shape index (κ1) is 13.4. The summed E-state index contributed by atoms with van der Waals surface area (Å²) in [6, 6.07) is 6.81. The zero-order chi connectivity index (χ0) is 12.3. The summed E-state index contributed by atoms with van der Waals surface area (Å²) >= 11 is 3.23. The second-order valence-electron chi connectivity index (χ2n) is 3.76. The SMILES string of the molecule is CC(C)S(=O)(=O)CC(=O)c1ccccc1Br. The fourth-order valence-corrected chi connectivity index (χ4v) is 2.47. The second-order valence-corrected chi connectivity index (χ2v) is 7.17. The van der Waals surface area contributed by atoms with Crippen molar-refractivity contribution in [3.05, 3.63) is 34.3 Å². The van der Waals surface area contributed by atoms with Gasteiger partial charge in [0.2, 0.25) is 0 Å². The first-order valence-corrected chi connectivity index (χ1v) is 7.34. The second kappa shape index (κ2) is 5.10. The van der Waals surface area contributed by atoms with Gasteiger partial charge in [-0.05, 0) is 19.9 Å². The molecule has 0 unspecified atom stereocenters. The molecule has 0 radical (unpaired) electrons. The molecule has 0 saturated carbocycles. The van der Waals surface area contributed by atoms with Gasteiger partial charge >= 0.3 is 0 Å². The topological polar surface area (TPSA) is 51.2 Å². The van der Waals surface area contributed by atoms with Crippen LogP contribution in [-0.4, -0.2) is 25.2 Å². The van der Waals surface area contributed by atoms with E-state index in [1.54, 1.807) is 38.1 Å². The fourth-order valence-electron chi connectivity index (χ4n) is 1.11. The van der Waals surface area contributed by atoms with Crippen molar-refractivity contribution in [2.75, 3.05) is 5.75 Å². The maximum atomic E-state index is 11.8. The molecule has 5 heteroatoms. The minimum Gasteiger partial charge on any atom is -0.293 e. The number of hydrogen-bond acceptors (Lipinski definition) is 3. The Kier molecular flexibility index (Phi) is 4.27. The van der Waals surface area contributed by atoms with E-state index in [4.69, 9.17) is 0 Å². The van der Waals surface area contributed by atoms with Gasteiger partial charge in [0.05, 0.1) is 5.25 Å². The summed E-state index contributed by atoms with van der Waals surface area (Å²) in [5.41, 5.74) is 0.409. The fraction of sp³-hybridized carbons (Fsp3) is 0.364. The van der Waals surface area contributed by atoms with E-state index in [1.165, 1.54) is 0 Å². The van der Waals surface area contributed by atoms with Crippen LogP contribution < -0.4 is 0 Å². The third kappa shape index (κ3) is 3.15. The predicted molar refractivity (Wildman–Crippen MR) is 67.4 cm³/mol. The van der Waals surface area contributed by atoms with Gasteiger partial charge in [-0.3, -0.25) is 4.79 Å². The molecule has 0 aromatic heterocycles. The Bertz CT molecular complexity index is 492. The molecule has 0 bridgehead atoms. The molecule has 0 aliphatic rings. The average molecular weight is 305 g/mol. The van der Waals surface area contributed by atoms with Crippen LogP contribution in [0.3, 0.4) is 0 Å². The number of Topliss-reactive ketones (excluding diaryl/α,β-unsaturated/α-hetero) is 1. The van der Waals surface area contributed by atoms with Crippen LogP contribution in [0.15, 0.2) is 28.7 Å². The number of halogens is 1.